The fourth-order valence-corrected chi connectivity index (χ4v) is 4.18. The summed E-state index contributed by atoms with van der Waals surface area (Å²) < 4.78 is 5.36. The standard InChI is InChI=1S/C24H34N6O2/c1-19-16-27-22(17-26-19)18-28-21-6-9-30(10-7-21)23-4-2-20(3-5-23)24(31)25-8-11-29-12-14-32-15-13-29/h2-5,16-17,21,28H,6-15,18H2,1H3,(H,25,31). The number of morpholine rings is 1. The molecule has 172 valence electrons. The normalized spacial score (nSPS) is 18.0. The summed E-state index contributed by atoms with van der Waals surface area (Å²) in [6.45, 7) is 9.69. The number of carbonyl (C=O) groups excluding carboxylic acids is 1. The number of piperidine rings is 1. The monoisotopic (exact) mass is 438 g/mol. The van der Waals surface area contributed by atoms with Gasteiger partial charge in [0.15, 0.2) is 0 Å². The second-order valence-electron chi connectivity index (χ2n) is 8.55. The lowest BCUT2D eigenvalue weighted by molar-refractivity contribution is 0.0383. The zero-order valence-electron chi connectivity index (χ0n) is 18.9. The Hall–Kier alpha value is -2.55. The van der Waals surface area contributed by atoms with Crippen LogP contribution in [0.4, 0.5) is 5.69 Å². The van der Waals surface area contributed by atoms with Gasteiger partial charge in [0.2, 0.25) is 0 Å². The molecular formula is C24H34N6O2. The largest absolute Gasteiger partial charge is 0.379 e. The van der Waals surface area contributed by atoms with Crippen LogP contribution in [0.1, 0.15) is 34.6 Å². The number of nitrogens with one attached hydrogen (secondary N) is 2. The number of hydrogen-bond acceptors (Lipinski definition) is 7. The molecule has 0 spiro atoms. The van der Waals surface area contributed by atoms with E-state index < -0.39 is 0 Å². The van der Waals surface area contributed by atoms with Gasteiger partial charge in [-0.2, -0.15) is 0 Å². The highest BCUT2D eigenvalue weighted by Crippen LogP contribution is 2.21. The molecule has 0 bridgehead atoms. The third-order valence-electron chi connectivity index (χ3n) is 6.21. The van der Waals surface area contributed by atoms with Crippen LogP contribution in [-0.2, 0) is 11.3 Å². The molecule has 2 N–H and O–H groups in total. The lowest BCUT2D eigenvalue weighted by Gasteiger charge is -2.34. The first-order valence-corrected chi connectivity index (χ1v) is 11.6. The number of rotatable bonds is 8. The minimum Gasteiger partial charge on any atom is -0.379 e. The van der Waals surface area contributed by atoms with Crippen molar-refractivity contribution >= 4 is 11.6 Å². The zero-order chi connectivity index (χ0) is 22.2. The number of nitrogens with zero attached hydrogens (tertiary/aromatic N) is 4. The molecule has 1 amide bonds. The number of anilines is 1. The van der Waals surface area contributed by atoms with Crippen LogP contribution in [0.5, 0.6) is 0 Å². The second-order valence-corrected chi connectivity index (χ2v) is 8.55. The third kappa shape index (κ3) is 6.48. The van der Waals surface area contributed by atoms with Gasteiger partial charge in [0.25, 0.3) is 5.91 Å². The van der Waals surface area contributed by atoms with Gasteiger partial charge in [0.1, 0.15) is 0 Å². The van der Waals surface area contributed by atoms with E-state index >= 15 is 0 Å². The van der Waals surface area contributed by atoms with Crippen molar-refractivity contribution in [3.63, 3.8) is 0 Å². The van der Waals surface area contributed by atoms with Crippen molar-refractivity contribution in [2.24, 2.45) is 0 Å². The molecule has 3 heterocycles. The molecule has 8 heteroatoms. The van der Waals surface area contributed by atoms with Crippen LogP contribution in [0.15, 0.2) is 36.7 Å². The van der Waals surface area contributed by atoms with E-state index in [2.05, 4.69) is 42.5 Å². The average Bonchev–Trinajstić information content (AvgIpc) is 2.85. The Morgan fingerprint density at radius 3 is 2.50 bits per heavy atom. The maximum atomic E-state index is 12.4. The van der Waals surface area contributed by atoms with Crippen LogP contribution >= 0.6 is 0 Å². The highest BCUT2D eigenvalue weighted by Gasteiger charge is 2.19. The summed E-state index contributed by atoms with van der Waals surface area (Å²) in [6, 6.07) is 8.48. The number of ether oxygens (including phenoxy) is 1. The van der Waals surface area contributed by atoms with Crippen molar-refractivity contribution in [3.8, 4) is 0 Å². The Morgan fingerprint density at radius 2 is 1.81 bits per heavy atom. The van der Waals surface area contributed by atoms with E-state index in [4.69, 9.17) is 4.74 Å². The predicted octanol–water partition coefficient (Wildman–Crippen LogP) is 1.61. The summed E-state index contributed by atoms with van der Waals surface area (Å²) in [6.07, 6.45) is 5.83. The first-order valence-electron chi connectivity index (χ1n) is 11.6. The fraction of sp³-hybridized carbons (Fsp3) is 0.542. The number of amides is 1. The van der Waals surface area contributed by atoms with E-state index in [9.17, 15) is 4.79 Å². The molecule has 4 rings (SSSR count). The average molecular weight is 439 g/mol. The molecule has 0 atom stereocenters. The van der Waals surface area contributed by atoms with E-state index in [1.807, 2.05) is 31.5 Å². The minimum atomic E-state index is -0.00748. The van der Waals surface area contributed by atoms with Crippen molar-refractivity contribution in [1.82, 2.24) is 25.5 Å². The highest BCUT2D eigenvalue weighted by molar-refractivity contribution is 5.94. The van der Waals surface area contributed by atoms with E-state index in [0.29, 0.717) is 18.2 Å². The van der Waals surface area contributed by atoms with Gasteiger partial charge in [-0.1, -0.05) is 0 Å². The minimum absolute atomic E-state index is 0.00748. The zero-order valence-corrected chi connectivity index (χ0v) is 18.9. The molecule has 32 heavy (non-hydrogen) atoms. The number of hydrogen-bond donors (Lipinski definition) is 2. The summed E-state index contributed by atoms with van der Waals surface area (Å²) in [4.78, 5) is 25.9. The topological polar surface area (TPSA) is 82.6 Å². The molecule has 2 aliphatic heterocycles. The quantitative estimate of drug-likeness (QED) is 0.648. The van der Waals surface area contributed by atoms with Gasteiger partial charge < -0.3 is 20.3 Å². The number of aromatic nitrogens is 2. The van der Waals surface area contributed by atoms with Crippen LogP contribution < -0.4 is 15.5 Å². The molecule has 0 saturated carbocycles. The third-order valence-corrected chi connectivity index (χ3v) is 6.21. The van der Waals surface area contributed by atoms with E-state index in [1.165, 1.54) is 5.69 Å². The van der Waals surface area contributed by atoms with Crippen LogP contribution in [0, 0.1) is 6.92 Å². The Kier molecular flexibility index (Phi) is 8.03. The molecule has 2 fully saturated rings. The highest BCUT2D eigenvalue weighted by atomic mass is 16.5. The van der Waals surface area contributed by atoms with Gasteiger partial charge in [-0.3, -0.25) is 19.7 Å². The van der Waals surface area contributed by atoms with Crippen molar-refractivity contribution in [2.45, 2.75) is 32.4 Å². The fourth-order valence-electron chi connectivity index (χ4n) is 4.18. The lowest BCUT2D eigenvalue weighted by Crippen LogP contribution is -2.42. The van der Waals surface area contributed by atoms with Gasteiger partial charge >= 0.3 is 0 Å². The van der Waals surface area contributed by atoms with Gasteiger partial charge in [0.05, 0.1) is 24.6 Å². The van der Waals surface area contributed by atoms with E-state index in [-0.39, 0.29) is 5.91 Å². The molecule has 8 nitrogen and oxygen atoms in total. The molecule has 0 radical (unpaired) electrons. The van der Waals surface area contributed by atoms with E-state index in [0.717, 1.165) is 76.7 Å². The van der Waals surface area contributed by atoms with Gasteiger partial charge in [0, 0.05) is 75.5 Å². The summed E-state index contributed by atoms with van der Waals surface area (Å²) in [5.41, 5.74) is 3.82. The van der Waals surface area contributed by atoms with Crippen molar-refractivity contribution in [2.75, 3.05) is 57.4 Å². The molecule has 0 unspecified atom stereocenters. The smallest absolute Gasteiger partial charge is 0.251 e. The second kappa shape index (κ2) is 11.4. The molecule has 2 aromatic rings. The van der Waals surface area contributed by atoms with Crippen LogP contribution in [0.25, 0.3) is 0 Å². The number of aryl methyl sites for hydroxylation is 1. The van der Waals surface area contributed by atoms with Gasteiger partial charge in [-0.15, -0.1) is 0 Å². The Bertz CT molecular complexity index is 844. The first-order chi connectivity index (χ1) is 15.7. The molecule has 2 aliphatic rings. The summed E-state index contributed by atoms with van der Waals surface area (Å²) in [5, 5.41) is 6.63. The van der Waals surface area contributed by atoms with E-state index in [1.54, 1.807) is 0 Å². The molecule has 0 aliphatic carbocycles. The van der Waals surface area contributed by atoms with Gasteiger partial charge in [-0.05, 0) is 44.0 Å². The predicted molar refractivity (Wildman–Crippen MR) is 125 cm³/mol. The molecule has 1 aromatic carbocycles. The maximum absolute atomic E-state index is 12.4. The van der Waals surface area contributed by atoms with Crippen LogP contribution in [0.2, 0.25) is 0 Å². The number of carbonyl (C=O) groups is 1. The molecule has 2 saturated heterocycles. The van der Waals surface area contributed by atoms with Crippen LogP contribution in [0.3, 0.4) is 0 Å². The summed E-state index contributed by atoms with van der Waals surface area (Å²) >= 11 is 0. The van der Waals surface area contributed by atoms with Crippen LogP contribution in [-0.4, -0.2) is 79.3 Å². The van der Waals surface area contributed by atoms with Crippen molar-refractivity contribution in [1.29, 1.82) is 0 Å². The Balaban J connectivity index is 1.18. The first kappa shape index (κ1) is 22.6. The van der Waals surface area contributed by atoms with Crippen molar-refractivity contribution in [3.05, 3.63) is 53.6 Å². The van der Waals surface area contributed by atoms with Crippen molar-refractivity contribution < 1.29 is 9.53 Å². The molecular weight excluding hydrogens is 404 g/mol. The van der Waals surface area contributed by atoms with Gasteiger partial charge in [-0.25, -0.2) is 0 Å². The summed E-state index contributed by atoms with van der Waals surface area (Å²) in [5.74, 6) is -0.00748. The Labute approximate surface area is 190 Å². The maximum Gasteiger partial charge on any atom is 0.251 e. The number of benzene rings is 1. The lowest BCUT2D eigenvalue weighted by atomic mass is 10.0. The summed E-state index contributed by atoms with van der Waals surface area (Å²) in [7, 11) is 0. The molecule has 1 aromatic heterocycles. The Morgan fingerprint density at radius 1 is 1.06 bits per heavy atom. The SMILES string of the molecule is Cc1cnc(CNC2CCN(c3ccc(C(=O)NCCN4CCOCC4)cc3)CC2)cn1.